The Labute approximate surface area is 71.7 Å². The first-order valence-corrected chi connectivity index (χ1v) is 5.06. The zero-order valence-electron chi connectivity index (χ0n) is 6.84. The number of hydrogen-bond acceptors (Lipinski definition) is 3. The van der Waals surface area contributed by atoms with Gasteiger partial charge in [0.05, 0.1) is 12.9 Å². The van der Waals surface area contributed by atoms with E-state index in [-0.39, 0.29) is 5.97 Å². The lowest BCUT2D eigenvalue weighted by Crippen LogP contribution is -2.07. The second kappa shape index (κ2) is 4.65. The first-order valence-electron chi connectivity index (χ1n) is 4.01. The molecule has 0 aromatic rings. The van der Waals surface area contributed by atoms with Crippen LogP contribution in [0.4, 0.5) is 0 Å². The second-order valence-electron chi connectivity index (χ2n) is 2.79. The van der Waals surface area contributed by atoms with Gasteiger partial charge in [-0.15, -0.1) is 11.8 Å². The molecule has 0 aromatic heterocycles. The molecular formula is C8H14O2S. The van der Waals surface area contributed by atoms with Crippen LogP contribution in [-0.2, 0) is 9.53 Å². The third kappa shape index (κ3) is 3.14. The molecule has 0 amide bonds. The van der Waals surface area contributed by atoms with Crippen molar-refractivity contribution < 1.29 is 9.53 Å². The molecule has 0 unspecified atom stereocenters. The highest BCUT2D eigenvalue weighted by Gasteiger charge is 2.16. The van der Waals surface area contributed by atoms with E-state index in [0.29, 0.717) is 11.0 Å². The van der Waals surface area contributed by atoms with Gasteiger partial charge in [0.1, 0.15) is 0 Å². The van der Waals surface area contributed by atoms with Gasteiger partial charge in [-0.25, -0.2) is 0 Å². The maximum Gasteiger partial charge on any atom is 0.315 e. The molecule has 1 saturated carbocycles. The highest BCUT2D eigenvalue weighted by Crippen LogP contribution is 2.29. The number of methoxy groups -OCH3 is 1. The molecular weight excluding hydrogens is 160 g/mol. The Morgan fingerprint density at radius 2 is 2.18 bits per heavy atom. The largest absolute Gasteiger partial charge is 0.468 e. The molecule has 0 bridgehead atoms. The van der Waals surface area contributed by atoms with Crippen LogP contribution in [0.15, 0.2) is 0 Å². The summed E-state index contributed by atoms with van der Waals surface area (Å²) < 4.78 is 4.55. The van der Waals surface area contributed by atoms with E-state index in [1.54, 1.807) is 11.8 Å². The monoisotopic (exact) mass is 174 g/mol. The van der Waals surface area contributed by atoms with Gasteiger partial charge in [0.15, 0.2) is 0 Å². The highest BCUT2D eigenvalue weighted by molar-refractivity contribution is 8.00. The number of hydrogen-bond donors (Lipinski definition) is 0. The summed E-state index contributed by atoms with van der Waals surface area (Å²) in [5.74, 6) is 0.433. The van der Waals surface area contributed by atoms with Crippen LogP contribution in [-0.4, -0.2) is 24.1 Å². The van der Waals surface area contributed by atoms with Crippen molar-refractivity contribution in [2.75, 3.05) is 12.9 Å². The van der Waals surface area contributed by atoms with Gasteiger partial charge in [-0.05, 0) is 12.8 Å². The highest BCUT2D eigenvalue weighted by atomic mass is 32.2. The van der Waals surface area contributed by atoms with E-state index in [0.717, 1.165) is 0 Å². The molecule has 0 radical (unpaired) electrons. The third-order valence-corrected chi connectivity index (χ3v) is 3.31. The first-order chi connectivity index (χ1) is 5.33. The van der Waals surface area contributed by atoms with Gasteiger partial charge in [0, 0.05) is 5.25 Å². The van der Waals surface area contributed by atoms with E-state index in [4.69, 9.17) is 0 Å². The molecule has 1 rings (SSSR count). The molecule has 0 aliphatic heterocycles. The normalized spacial score (nSPS) is 18.6. The Hall–Kier alpha value is -0.180. The van der Waals surface area contributed by atoms with E-state index in [1.807, 2.05) is 0 Å². The molecule has 2 nitrogen and oxygen atoms in total. The average Bonchev–Trinajstić information content (AvgIpc) is 2.52. The van der Waals surface area contributed by atoms with E-state index >= 15 is 0 Å². The molecule has 0 N–H and O–H groups in total. The van der Waals surface area contributed by atoms with Crippen molar-refractivity contribution in [2.45, 2.75) is 30.9 Å². The van der Waals surface area contributed by atoms with Gasteiger partial charge in [-0.1, -0.05) is 12.8 Å². The maximum absolute atomic E-state index is 10.7. The smallest absolute Gasteiger partial charge is 0.315 e. The number of carbonyl (C=O) groups excluding carboxylic acids is 1. The fourth-order valence-electron chi connectivity index (χ4n) is 1.30. The van der Waals surface area contributed by atoms with Crippen molar-refractivity contribution in [3.05, 3.63) is 0 Å². The van der Waals surface area contributed by atoms with Crippen LogP contribution in [0, 0.1) is 0 Å². The summed E-state index contributed by atoms with van der Waals surface area (Å²) in [5, 5.41) is 0.717. The van der Waals surface area contributed by atoms with E-state index in [1.165, 1.54) is 32.8 Å². The predicted octanol–water partition coefficient (Wildman–Crippen LogP) is 1.84. The van der Waals surface area contributed by atoms with Gasteiger partial charge in [0.25, 0.3) is 0 Å². The van der Waals surface area contributed by atoms with Gasteiger partial charge in [-0.3, -0.25) is 4.79 Å². The van der Waals surface area contributed by atoms with E-state index in [2.05, 4.69) is 4.74 Å². The lowest BCUT2D eigenvalue weighted by Gasteiger charge is -2.05. The van der Waals surface area contributed by atoms with Crippen molar-refractivity contribution in [1.29, 1.82) is 0 Å². The van der Waals surface area contributed by atoms with Crippen molar-refractivity contribution in [1.82, 2.24) is 0 Å². The molecule has 1 fully saturated rings. The van der Waals surface area contributed by atoms with Crippen LogP contribution in [0.2, 0.25) is 0 Å². The maximum atomic E-state index is 10.7. The summed E-state index contributed by atoms with van der Waals surface area (Å²) in [7, 11) is 1.44. The van der Waals surface area contributed by atoms with Crippen molar-refractivity contribution >= 4 is 17.7 Å². The van der Waals surface area contributed by atoms with Crippen LogP contribution in [0.1, 0.15) is 25.7 Å². The minimum Gasteiger partial charge on any atom is -0.468 e. The zero-order chi connectivity index (χ0) is 8.10. The Kier molecular flexibility index (Phi) is 3.77. The molecule has 3 heteroatoms. The van der Waals surface area contributed by atoms with Gasteiger partial charge in [-0.2, -0.15) is 0 Å². The van der Waals surface area contributed by atoms with Crippen LogP contribution >= 0.6 is 11.8 Å². The van der Waals surface area contributed by atoms with Crippen LogP contribution < -0.4 is 0 Å². The standard InChI is InChI=1S/C8H14O2S/c1-10-8(9)6-11-7-4-2-3-5-7/h7H,2-6H2,1H3. The predicted molar refractivity (Wildman–Crippen MR) is 46.7 cm³/mol. The SMILES string of the molecule is COC(=O)CSC1CCCC1. The first kappa shape index (κ1) is 8.91. The summed E-state index contributed by atoms with van der Waals surface area (Å²) in [4.78, 5) is 10.7. The van der Waals surface area contributed by atoms with Gasteiger partial charge in [0.2, 0.25) is 0 Å². The molecule has 1 aliphatic rings. The van der Waals surface area contributed by atoms with E-state index in [9.17, 15) is 4.79 Å². The molecule has 0 saturated heterocycles. The Bertz CT molecular complexity index is 130. The molecule has 0 aromatic carbocycles. The summed E-state index contributed by atoms with van der Waals surface area (Å²) in [6.07, 6.45) is 5.22. The summed E-state index contributed by atoms with van der Waals surface area (Å²) >= 11 is 1.74. The zero-order valence-corrected chi connectivity index (χ0v) is 7.65. The molecule has 11 heavy (non-hydrogen) atoms. The van der Waals surface area contributed by atoms with Crippen molar-refractivity contribution in [3.63, 3.8) is 0 Å². The number of rotatable bonds is 3. The van der Waals surface area contributed by atoms with E-state index < -0.39 is 0 Å². The van der Waals surface area contributed by atoms with Crippen LogP contribution in [0.25, 0.3) is 0 Å². The topological polar surface area (TPSA) is 26.3 Å². The fourth-order valence-corrected chi connectivity index (χ4v) is 2.46. The summed E-state index contributed by atoms with van der Waals surface area (Å²) in [6, 6.07) is 0. The minimum atomic E-state index is -0.0955. The lowest BCUT2D eigenvalue weighted by molar-refractivity contribution is -0.137. The van der Waals surface area contributed by atoms with Crippen molar-refractivity contribution in [3.8, 4) is 0 Å². The van der Waals surface area contributed by atoms with Crippen LogP contribution in [0.5, 0.6) is 0 Å². The molecule has 0 heterocycles. The number of thioether (sulfide) groups is 1. The molecule has 64 valence electrons. The fraction of sp³-hybridized carbons (Fsp3) is 0.875. The Balaban J connectivity index is 2.06. The van der Waals surface area contributed by atoms with Gasteiger partial charge >= 0.3 is 5.97 Å². The number of carbonyl (C=O) groups is 1. The number of ether oxygens (including phenoxy) is 1. The lowest BCUT2D eigenvalue weighted by atomic mass is 10.4. The molecule has 1 aliphatic carbocycles. The summed E-state index contributed by atoms with van der Waals surface area (Å²) in [5.41, 5.74) is 0. The minimum absolute atomic E-state index is 0.0955. The number of esters is 1. The van der Waals surface area contributed by atoms with Gasteiger partial charge < -0.3 is 4.74 Å². The third-order valence-electron chi connectivity index (χ3n) is 1.97. The Morgan fingerprint density at radius 3 is 2.73 bits per heavy atom. The van der Waals surface area contributed by atoms with Crippen molar-refractivity contribution in [2.24, 2.45) is 0 Å². The van der Waals surface area contributed by atoms with Crippen LogP contribution in [0.3, 0.4) is 0 Å². The summed E-state index contributed by atoms with van der Waals surface area (Å²) in [6.45, 7) is 0. The second-order valence-corrected chi connectivity index (χ2v) is 4.08. The Morgan fingerprint density at radius 1 is 1.55 bits per heavy atom. The average molecular weight is 174 g/mol. The quantitative estimate of drug-likeness (QED) is 0.611. The molecule has 0 atom stereocenters. The molecule has 0 spiro atoms.